The van der Waals surface area contributed by atoms with Crippen molar-refractivity contribution in [3.8, 4) is 28.7 Å². The zero-order chi connectivity index (χ0) is 82.1. The summed E-state index contributed by atoms with van der Waals surface area (Å²) in [6, 6.07) is 23.3. The molecule has 602 valence electrons. The van der Waals surface area contributed by atoms with Crippen molar-refractivity contribution in [2.75, 3.05) is 62.6 Å². The molecule has 0 aromatic heterocycles. The Morgan fingerprint density at radius 2 is 1.01 bits per heavy atom. The Bertz CT molecular complexity index is 4400. The van der Waals surface area contributed by atoms with Gasteiger partial charge in [-0.3, -0.25) is 47.9 Å². The van der Waals surface area contributed by atoms with E-state index >= 15 is 0 Å². The molecule has 16 N–H and O–H groups in total. The number of carbonyl (C=O) groups excluding carboxylic acids is 10. The zero-order valence-electron chi connectivity index (χ0n) is 63.2. The van der Waals surface area contributed by atoms with Crippen molar-refractivity contribution in [1.82, 2.24) is 47.9 Å². The SMILES string of the molecule is CSCC[C@H](NC(=O)CNC(=O)[C@H](Cc1ccc(O)cc1)NC(=O)[C@@H](NC(=O)[C@H](CCC(=O)O)NC(=O)[C@@H](N)CCCCNC(=O)c1ccc2c(c1)C(=O)OC21c2ccc(O)cc2Oc2cc(O)ccc21)C(C)C)C(=O)N[C@@H](CCSC)C(=O)N[C@@H](CCCCNC(=O)c1ccc(N=Nc2ccc(N(C)C)cc2)cc1)C(=O)O. The average molecular weight is 1590 g/mol. The number of hydrogen-bond acceptors (Lipinski definition) is 23. The lowest BCUT2D eigenvalue weighted by Gasteiger charge is -2.36. The number of aromatic hydroxyl groups is 3. The molecule has 32 nitrogen and oxygen atoms in total. The maximum Gasteiger partial charge on any atom is 0.340 e. The van der Waals surface area contributed by atoms with Gasteiger partial charge in [0.05, 0.1) is 29.5 Å². The maximum absolute atomic E-state index is 14.3. The number of nitrogens with two attached hydrogens (primary N) is 1. The predicted molar refractivity (Wildman–Crippen MR) is 422 cm³/mol. The van der Waals surface area contributed by atoms with E-state index in [-0.39, 0.29) is 104 Å². The van der Waals surface area contributed by atoms with Gasteiger partial charge in [-0.05, 0) is 190 Å². The number of carbonyl (C=O) groups is 12. The first kappa shape index (κ1) is 86.8. The van der Waals surface area contributed by atoms with Crippen LogP contribution >= 0.6 is 23.5 Å². The minimum Gasteiger partial charge on any atom is -0.508 e. The van der Waals surface area contributed by atoms with E-state index in [9.17, 15) is 83.1 Å². The number of phenols is 3. The molecule has 2 aliphatic heterocycles. The van der Waals surface area contributed by atoms with Crippen LogP contribution in [-0.2, 0) is 59.9 Å². The number of unbranched alkanes of at least 4 members (excludes halogenated alkanes) is 2. The Labute approximate surface area is 660 Å². The number of carboxylic acids is 2. The number of carboxylic acid groups (broad SMARTS) is 2. The third kappa shape index (κ3) is 24.4. The standard InChI is InChI=1S/C79H95N13O19S2/c1-44(2)68(89-75(105)59(31-32-67(97)98)85-71(101)58(80)11-7-9-35-82-70(100)47-17-28-55-54(40-47)78(109)111-79(55)56-29-26-52(94)41-64(56)110-65-42-53(95)27-30-57(65)79)76(106)88-63(39-45-13-24-51(93)25-14-45)72(102)83-43-66(96)84-60(33-37-112-5)73(103)86-61(34-38-113-6)74(104)87-62(77(107)108)12-8-10-36-81-69(99)46-15-18-48(19-16-46)90-91-49-20-22-50(23-21-49)92(3)4/h13-30,40-42,44,58-63,68,93-95H,7-12,31-39,43,80H2,1-6H3,(H,81,99)(H,82,100)(H,83,102)(H,84,96)(H,85,101)(H,86,103)(H,87,104)(H,88,106)(H,89,105)(H,97,98)(H,107,108)/t58-,59-,60-,61-,62-,63-,68-/m0/s1. The van der Waals surface area contributed by atoms with Crippen LogP contribution in [0.5, 0.6) is 28.7 Å². The summed E-state index contributed by atoms with van der Waals surface area (Å²) in [7, 11) is 3.87. The highest BCUT2D eigenvalue weighted by molar-refractivity contribution is 7.98. The van der Waals surface area contributed by atoms with Gasteiger partial charge in [0.2, 0.25) is 41.4 Å². The normalized spacial score (nSPS) is 14.1. The fourth-order valence-electron chi connectivity index (χ4n) is 12.5. The lowest BCUT2D eigenvalue weighted by atomic mass is 9.77. The zero-order valence-corrected chi connectivity index (χ0v) is 64.9. The molecule has 0 unspecified atom stereocenters. The summed E-state index contributed by atoms with van der Waals surface area (Å²) in [6.07, 6.45) is 3.68. The second-order valence-corrected chi connectivity index (χ2v) is 29.5. The number of aliphatic carboxylic acids is 2. The quantitative estimate of drug-likeness (QED) is 0.0118. The van der Waals surface area contributed by atoms with Crippen LogP contribution in [0.4, 0.5) is 17.1 Å². The number of phenolic OH excluding ortho intramolecular Hbond substituents is 3. The molecule has 0 aliphatic carbocycles. The third-order valence-electron chi connectivity index (χ3n) is 18.7. The molecule has 7 atom stereocenters. The van der Waals surface area contributed by atoms with Gasteiger partial charge in [-0.15, -0.1) is 0 Å². The second kappa shape index (κ2) is 41.5. The largest absolute Gasteiger partial charge is 0.508 e. The van der Waals surface area contributed by atoms with E-state index in [2.05, 4.69) is 58.1 Å². The first-order chi connectivity index (χ1) is 54.0. The van der Waals surface area contributed by atoms with Crippen molar-refractivity contribution in [1.29, 1.82) is 0 Å². The number of benzene rings is 6. The van der Waals surface area contributed by atoms with Crippen molar-refractivity contribution in [2.45, 2.75) is 132 Å². The molecule has 9 amide bonds. The average Bonchev–Trinajstić information content (AvgIpc) is 1.60. The molecule has 0 saturated heterocycles. The van der Waals surface area contributed by atoms with Crippen molar-refractivity contribution in [3.63, 3.8) is 0 Å². The molecule has 0 saturated carbocycles. The molecule has 34 heteroatoms. The van der Waals surface area contributed by atoms with Crippen LogP contribution < -0.4 is 63.2 Å². The van der Waals surface area contributed by atoms with Gasteiger partial charge in [0.15, 0.2) is 5.60 Å². The number of fused-ring (bicyclic) bond motifs is 6. The lowest BCUT2D eigenvalue weighted by Crippen LogP contribution is -2.59. The summed E-state index contributed by atoms with van der Waals surface area (Å²) in [4.78, 5) is 164. The number of anilines is 1. The first-order valence-electron chi connectivity index (χ1n) is 36.6. The molecule has 8 rings (SSSR count). The predicted octanol–water partition coefficient (Wildman–Crippen LogP) is 6.06. The summed E-state index contributed by atoms with van der Waals surface area (Å²) in [6.45, 7) is 2.71. The van der Waals surface area contributed by atoms with Gasteiger partial charge in [-0.1, -0.05) is 32.0 Å². The van der Waals surface area contributed by atoms with Gasteiger partial charge in [0, 0.05) is 85.7 Å². The van der Waals surface area contributed by atoms with Gasteiger partial charge in [-0.25, -0.2) is 9.59 Å². The number of ether oxygens (including phenoxy) is 2. The molecule has 113 heavy (non-hydrogen) atoms. The van der Waals surface area contributed by atoms with Crippen LogP contribution in [0.25, 0.3) is 0 Å². The van der Waals surface area contributed by atoms with Gasteiger partial charge in [0.25, 0.3) is 11.8 Å². The highest BCUT2D eigenvalue weighted by Crippen LogP contribution is 2.57. The maximum atomic E-state index is 14.3. The molecular weight excluding hydrogens is 1500 g/mol. The van der Waals surface area contributed by atoms with Crippen molar-refractivity contribution in [3.05, 3.63) is 166 Å². The monoisotopic (exact) mass is 1590 g/mol. The summed E-state index contributed by atoms with van der Waals surface area (Å²) in [5, 5.41) is 82.5. The smallest absolute Gasteiger partial charge is 0.340 e. The van der Waals surface area contributed by atoms with E-state index < -0.39 is 138 Å². The summed E-state index contributed by atoms with van der Waals surface area (Å²) in [5.74, 6) is -10.2. The fraction of sp³-hybridized carbons (Fsp3) is 0.392. The molecule has 6 aromatic carbocycles. The fourth-order valence-corrected chi connectivity index (χ4v) is 13.4. The highest BCUT2D eigenvalue weighted by atomic mass is 32.2. The number of azo groups is 1. The first-order valence-corrected chi connectivity index (χ1v) is 39.4. The number of amides is 9. The van der Waals surface area contributed by atoms with Crippen LogP contribution in [0.3, 0.4) is 0 Å². The Morgan fingerprint density at radius 1 is 0.513 bits per heavy atom. The number of nitrogens with one attached hydrogen (secondary N) is 9. The third-order valence-corrected chi connectivity index (χ3v) is 19.9. The number of thioether (sulfide) groups is 2. The van der Waals surface area contributed by atoms with Crippen LogP contribution in [0.15, 0.2) is 138 Å². The molecule has 0 fully saturated rings. The second-order valence-electron chi connectivity index (χ2n) is 27.6. The lowest BCUT2D eigenvalue weighted by molar-refractivity contribution is -0.142. The van der Waals surface area contributed by atoms with E-state index in [0.29, 0.717) is 63.5 Å². The van der Waals surface area contributed by atoms with Gasteiger partial charge in [0.1, 0.15) is 65.0 Å². The van der Waals surface area contributed by atoms with Gasteiger partial charge < -0.3 is 93.5 Å². The number of nitrogens with zero attached hydrogens (tertiary/aromatic N) is 3. The summed E-state index contributed by atoms with van der Waals surface area (Å²) in [5.41, 5.74) is 9.20. The van der Waals surface area contributed by atoms with E-state index in [0.717, 1.165) is 5.69 Å². The molecular formula is C79H95N13O19S2. The summed E-state index contributed by atoms with van der Waals surface area (Å²) >= 11 is 2.72. The van der Waals surface area contributed by atoms with Crippen LogP contribution in [0.2, 0.25) is 0 Å². The molecule has 0 bridgehead atoms. The van der Waals surface area contributed by atoms with Crippen LogP contribution in [-0.4, -0.2) is 197 Å². The van der Waals surface area contributed by atoms with E-state index in [1.165, 1.54) is 84.2 Å². The topological polar surface area (TPSA) is 487 Å². The highest BCUT2D eigenvalue weighted by Gasteiger charge is 2.54. The van der Waals surface area contributed by atoms with E-state index in [1.54, 1.807) is 68.8 Å². The van der Waals surface area contributed by atoms with Crippen molar-refractivity contribution < 1.29 is 92.5 Å². The number of rotatable bonds is 42. The number of hydrogen-bond donors (Lipinski definition) is 15. The minimum atomic E-state index is -1.54. The van der Waals surface area contributed by atoms with Crippen LogP contribution in [0.1, 0.15) is 131 Å². The minimum absolute atomic E-state index is 0.0149. The molecule has 2 heterocycles. The van der Waals surface area contributed by atoms with E-state index in [1.807, 2.05) is 43.3 Å². The Morgan fingerprint density at radius 3 is 1.57 bits per heavy atom. The Kier molecular flexibility index (Phi) is 31.9. The molecule has 1 spiro atoms. The molecule has 0 radical (unpaired) electrons. The Hall–Kier alpha value is -11.8. The molecule has 2 aliphatic rings. The van der Waals surface area contributed by atoms with E-state index in [4.69, 9.17) is 15.2 Å². The van der Waals surface area contributed by atoms with Gasteiger partial charge >= 0.3 is 17.9 Å². The van der Waals surface area contributed by atoms with Gasteiger partial charge in [-0.2, -0.15) is 33.8 Å². The van der Waals surface area contributed by atoms with Crippen LogP contribution in [0, 0.1) is 5.92 Å². The molecule has 6 aromatic rings. The summed E-state index contributed by atoms with van der Waals surface area (Å²) < 4.78 is 12.1. The van der Waals surface area contributed by atoms with Crippen molar-refractivity contribution in [2.24, 2.45) is 21.9 Å². The number of esters is 1. The Balaban J connectivity index is 0.812. The van der Waals surface area contributed by atoms with Crippen molar-refractivity contribution >= 4 is 112 Å².